The van der Waals surface area contributed by atoms with Gasteiger partial charge in [0.05, 0.1) is 12.1 Å². The van der Waals surface area contributed by atoms with E-state index in [1.807, 2.05) is 0 Å². The van der Waals surface area contributed by atoms with Gasteiger partial charge in [0.15, 0.2) is 11.5 Å². The number of carbonyl (C=O) groups is 1. The first-order valence-electron chi connectivity index (χ1n) is 7.35. The van der Waals surface area contributed by atoms with Gasteiger partial charge in [-0.05, 0) is 24.3 Å². The van der Waals surface area contributed by atoms with Crippen LogP contribution in [0, 0.1) is 5.82 Å². The number of amides is 1. The summed E-state index contributed by atoms with van der Waals surface area (Å²) in [5, 5.41) is 3.79. The van der Waals surface area contributed by atoms with Gasteiger partial charge in [-0.15, -0.1) is 0 Å². The Morgan fingerprint density at radius 1 is 1.21 bits per heavy atom. The van der Waals surface area contributed by atoms with E-state index in [4.69, 9.17) is 9.26 Å². The maximum Gasteiger partial charge on any atom is 0.280 e. The Balaban J connectivity index is 1.66. The molecule has 0 N–H and O–H groups in total. The molecule has 0 aliphatic carbocycles. The lowest BCUT2D eigenvalue weighted by atomic mass is 10.1. The maximum absolute atomic E-state index is 13.8. The van der Waals surface area contributed by atoms with E-state index in [-0.39, 0.29) is 22.9 Å². The van der Waals surface area contributed by atoms with Crippen LogP contribution in [0.15, 0.2) is 53.2 Å². The van der Waals surface area contributed by atoms with Crippen molar-refractivity contribution in [3.05, 3.63) is 60.2 Å². The minimum atomic E-state index is -0.437. The number of rotatable bonds is 2. The fourth-order valence-electron chi connectivity index (χ4n) is 2.57. The van der Waals surface area contributed by atoms with Crippen LogP contribution in [-0.4, -0.2) is 29.2 Å². The van der Waals surface area contributed by atoms with Crippen molar-refractivity contribution in [3.8, 4) is 17.2 Å². The quantitative estimate of drug-likeness (QED) is 0.724. The predicted molar refractivity (Wildman–Crippen MR) is 83.3 cm³/mol. The normalized spacial score (nSPS) is 13.3. The van der Waals surface area contributed by atoms with E-state index in [1.165, 1.54) is 17.0 Å². The number of hydrogen-bond donors (Lipinski definition) is 0. The van der Waals surface area contributed by atoms with E-state index < -0.39 is 5.82 Å². The summed E-state index contributed by atoms with van der Waals surface area (Å²) in [5.41, 5.74) is 0.933. The Hall–Kier alpha value is -3.22. The molecule has 7 heteroatoms. The van der Waals surface area contributed by atoms with E-state index in [0.717, 1.165) is 0 Å². The molecule has 1 aliphatic heterocycles. The minimum absolute atomic E-state index is 0.102. The molecule has 0 spiro atoms. The molecule has 4 rings (SSSR count). The highest BCUT2D eigenvalue weighted by molar-refractivity contribution is 6.06. The van der Waals surface area contributed by atoms with Crippen molar-refractivity contribution < 1.29 is 18.4 Å². The van der Waals surface area contributed by atoms with Crippen LogP contribution in [0.3, 0.4) is 0 Å². The third-order valence-corrected chi connectivity index (χ3v) is 3.71. The number of fused-ring (bicyclic) bond motifs is 1. The van der Waals surface area contributed by atoms with Crippen molar-refractivity contribution in [1.29, 1.82) is 0 Å². The van der Waals surface area contributed by atoms with Crippen molar-refractivity contribution in [2.45, 2.75) is 0 Å². The highest BCUT2D eigenvalue weighted by Gasteiger charge is 2.27. The monoisotopic (exact) mass is 325 g/mol. The summed E-state index contributed by atoms with van der Waals surface area (Å²) >= 11 is 0. The molecule has 1 aliphatic rings. The molecule has 0 saturated carbocycles. The summed E-state index contributed by atoms with van der Waals surface area (Å²) in [7, 11) is 0. The van der Waals surface area contributed by atoms with Gasteiger partial charge in [-0.1, -0.05) is 17.3 Å². The van der Waals surface area contributed by atoms with Gasteiger partial charge in [0.2, 0.25) is 5.88 Å². The summed E-state index contributed by atoms with van der Waals surface area (Å²) < 4.78 is 24.4. The Kier molecular flexibility index (Phi) is 3.45. The number of carbonyl (C=O) groups excluding carboxylic acids is 1. The highest BCUT2D eigenvalue weighted by atomic mass is 19.1. The summed E-state index contributed by atoms with van der Waals surface area (Å²) in [6.07, 6.45) is 1.60. The molecule has 1 amide bonds. The number of aromatic nitrogens is 2. The second-order valence-electron chi connectivity index (χ2n) is 5.19. The molecular formula is C17H12FN3O3. The third-order valence-electron chi connectivity index (χ3n) is 3.71. The van der Waals surface area contributed by atoms with Crippen LogP contribution in [0.1, 0.15) is 10.5 Å². The second kappa shape index (κ2) is 5.77. The third kappa shape index (κ3) is 2.40. The summed E-state index contributed by atoms with van der Waals surface area (Å²) in [6.45, 7) is 0.715. The summed E-state index contributed by atoms with van der Waals surface area (Å²) in [4.78, 5) is 18.3. The first-order chi connectivity index (χ1) is 11.7. The number of benzene rings is 1. The van der Waals surface area contributed by atoms with Crippen LogP contribution in [0.2, 0.25) is 0 Å². The number of pyridine rings is 1. The van der Waals surface area contributed by atoms with Crippen LogP contribution in [0.5, 0.6) is 5.88 Å². The lowest BCUT2D eigenvalue weighted by Crippen LogP contribution is -2.38. The summed E-state index contributed by atoms with van der Waals surface area (Å²) in [5.74, 6) is -0.182. The zero-order valence-corrected chi connectivity index (χ0v) is 12.5. The lowest BCUT2D eigenvalue weighted by molar-refractivity contribution is 0.0967. The number of nitrogens with zero attached hydrogens (tertiary/aromatic N) is 3. The van der Waals surface area contributed by atoms with Crippen molar-refractivity contribution in [2.75, 3.05) is 18.1 Å². The van der Waals surface area contributed by atoms with Gasteiger partial charge in [0.25, 0.3) is 5.91 Å². The molecule has 3 heterocycles. The van der Waals surface area contributed by atoms with Crippen LogP contribution in [0.4, 0.5) is 10.1 Å². The number of hydrogen-bond acceptors (Lipinski definition) is 5. The average Bonchev–Trinajstić information content (AvgIpc) is 3.11. The minimum Gasteiger partial charge on any atom is -0.474 e. The zero-order valence-electron chi connectivity index (χ0n) is 12.5. The van der Waals surface area contributed by atoms with Gasteiger partial charge in [0, 0.05) is 12.3 Å². The molecule has 0 unspecified atom stereocenters. The van der Waals surface area contributed by atoms with Crippen molar-refractivity contribution in [2.24, 2.45) is 0 Å². The van der Waals surface area contributed by atoms with Crippen molar-refractivity contribution >= 4 is 11.6 Å². The van der Waals surface area contributed by atoms with E-state index in [9.17, 15) is 9.18 Å². The molecule has 24 heavy (non-hydrogen) atoms. The Bertz CT molecular complexity index is 909. The highest BCUT2D eigenvalue weighted by Crippen LogP contribution is 2.30. The van der Waals surface area contributed by atoms with Crippen molar-refractivity contribution in [3.63, 3.8) is 0 Å². The smallest absolute Gasteiger partial charge is 0.280 e. The molecule has 6 nitrogen and oxygen atoms in total. The van der Waals surface area contributed by atoms with E-state index in [1.54, 1.807) is 36.5 Å². The van der Waals surface area contributed by atoms with Gasteiger partial charge >= 0.3 is 0 Å². The fraction of sp³-hybridized carbons (Fsp3) is 0.118. The molecule has 0 fully saturated rings. The molecule has 1 aromatic carbocycles. The van der Waals surface area contributed by atoms with Gasteiger partial charge in [-0.25, -0.2) is 9.37 Å². The van der Waals surface area contributed by atoms with Gasteiger partial charge in [0.1, 0.15) is 18.1 Å². The number of halogens is 1. The number of anilines is 1. The van der Waals surface area contributed by atoms with Crippen molar-refractivity contribution in [1.82, 2.24) is 10.1 Å². The molecular weight excluding hydrogens is 313 g/mol. The fourth-order valence-corrected chi connectivity index (χ4v) is 2.57. The lowest BCUT2D eigenvalue weighted by Gasteiger charge is -2.27. The van der Waals surface area contributed by atoms with Crippen LogP contribution >= 0.6 is 0 Å². The zero-order chi connectivity index (χ0) is 16.5. The van der Waals surface area contributed by atoms with E-state index in [2.05, 4.69) is 10.1 Å². The van der Waals surface area contributed by atoms with Gasteiger partial charge in [-0.3, -0.25) is 9.69 Å². The Morgan fingerprint density at radius 3 is 2.96 bits per heavy atom. The van der Waals surface area contributed by atoms with E-state index in [0.29, 0.717) is 24.7 Å². The topological polar surface area (TPSA) is 68.5 Å². The molecule has 2 aromatic heterocycles. The molecule has 3 aromatic rings. The Labute approximate surface area is 136 Å². The average molecular weight is 325 g/mol. The first kappa shape index (κ1) is 14.4. The second-order valence-corrected chi connectivity index (χ2v) is 5.19. The first-order valence-corrected chi connectivity index (χ1v) is 7.35. The van der Waals surface area contributed by atoms with Crippen LogP contribution in [-0.2, 0) is 0 Å². The SMILES string of the molecule is O=C(c1cc(-c2ccccc2F)on1)N1CCOc2ncccc21. The number of ether oxygens (including phenoxy) is 1. The van der Waals surface area contributed by atoms with Crippen LogP contribution < -0.4 is 9.64 Å². The molecule has 0 saturated heterocycles. The maximum atomic E-state index is 13.8. The summed E-state index contributed by atoms with van der Waals surface area (Å²) in [6, 6.07) is 11.1. The molecule has 120 valence electrons. The standard InChI is InChI=1S/C17H12FN3O3/c18-12-5-2-1-4-11(12)15-10-13(20-24-15)17(22)21-8-9-23-16-14(21)6-3-7-19-16/h1-7,10H,8-9H2. The largest absolute Gasteiger partial charge is 0.474 e. The van der Waals surface area contributed by atoms with Gasteiger partial charge in [-0.2, -0.15) is 0 Å². The van der Waals surface area contributed by atoms with E-state index >= 15 is 0 Å². The van der Waals surface area contributed by atoms with Gasteiger partial charge < -0.3 is 9.26 Å². The predicted octanol–water partition coefficient (Wildman–Crippen LogP) is 2.91. The molecule has 0 bridgehead atoms. The molecule has 0 atom stereocenters. The molecule has 0 radical (unpaired) electrons. The Morgan fingerprint density at radius 2 is 2.08 bits per heavy atom. The van der Waals surface area contributed by atoms with Crippen LogP contribution in [0.25, 0.3) is 11.3 Å².